The van der Waals surface area contributed by atoms with Gasteiger partial charge in [0.2, 0.25) is 0 Å². The van der Waals surface area contributed by atoms with Crippen LogP contribution in [0.5, 0.6) is 0 Å². The SMILES string of the molecule is COC(=O)N1[C@H]2C[C@@H](c3ccccc3S(C)(=N)=O)[C@@H]1c1ccccc12. The molecule has 2 bridgehead atoms. The van der Waals surface area contributed by atoms with Gasteiger partial charge in [0.1, 0.15) is 0 Å². The predicted octanol–water partition coefficient (Wildman–Crippen LogP) is 4.07. The van der Waals surface area contributed by atoms with Gasteiger partial charge in [-0.05, 0) is 29.2 Å². The molecule has 2 aromatic rings. The summed E-state index contributed by atoms with van der Waals surface area (Å²) in [5.41, 5.74) is 3.19. The van der Waals surface area contributed by atoms with Gasteiger partial charge in [-0.1, -0.05) is 42.5 Å². The van der Waals surface area contributed by atoms with Crippen molar-refractivity contribution in [2.75, 3.05) is 13.4 Å². The lowest BCUT2D eigenvalue weighted by Crippen LogP contribution is -2.28. The summed E-state index contributed by atoms with van der Waals surface area (Å²) >= 11 is 0. The lowest BCUT2D eigenvalue weighted by Gasteiger charge is -2.26. The molecule has 2 aliphatic rings. The van der Waals surface area contributed by atoms with Gasteiger partial charge in [-0.15, -0.1) is 0 Å². The molecule has 0 aromatic heterocycles. The second-order valence-electron chi connectivity index (χ2n) is 6.69. The summed E-state index contributed by atoms with van der Waals surface area (Å²) in [6, 6.07) is 15.3. The van der Waals surface area contributed by atoms with Crippen LogP contribution in [0.4, 0.5) is 4.79 Å². The first-order valence-corrected chi connectivity index (χ1v) is 10.2. The maximum Gasteiger partial charge on any atom is 0.410 e. The van der Waals surface area contributed by atoms with Crippen LogP contribution < -0.4 is 0 Å². The average Bonchev–Trinajstić information content (AvgIpc) is 3.15. The molecule has 6 heteroatoms. The van der Waals surface area contributed by atoms with E-state index < -0.39 is 9.73 Å². The highest BCUT2D eigenvalue weighted by Gasteiger charge is 2.53. The van der Waals surface area contributed by atoms with Gasteiger partial charge in [0, 0.05) is 12.2 Å². The number of carbonyl (C=O) groups is 1. The highest BCUT2D eigenvalue weighted by Crippen LogP contribution is 2.60. The van der Waals surface area contributed by atoms with E-state index in [4.69, 9.17) is 9.52 Å². The van der Waals surface area contributed by atoms with Gasteiger partial charge in [0.25, 0.3) is 0 Å². The molecule has 1 unspecified atom stereocenters. The fourth-order valence-corrected chi connectivity index (χ4v) is 5.39. The minimum Gasteiger partial charge on any atom is -0.453 e. The molecule has 130 valence electrons. The average molecular weight is 356 g/mol. The van der Waals surface area contributed by atoms with Crippen molar-refractivity contribution in [1.82, 2.24) is 4.90 Å². The van der Waals surface area contributed by atoms with Gasteiger partial charge in [0.15, 0.2) is 0 Å². The number of fused-ring (bicyclic) bond motifs is 5. The number of benzene rings is 2. The number of hydrogen-bond donors (Lipinski definition) is 1. The summed E-state index contributed by atoms with van der Waals surface area (Å²) in [5, 5.41) is 0. The fraction of sp³-hybridized carbons (Fsp3) is 0.316. The molecule has 2 aliphatic heterocycles. The van der Waals surface area contributed by atoms with Gasteiger partial charge >= 0.3 is 6.09 Å². The van der Waals surface area contributed by atoms with E-state index in [1.807, 2.05) is 30.3 Å². The second-order valence-corrected chi connectivity index (χ2v) is 8.82. The molecule has 0 aliphatic carbocycles. The van der Waals surface area contributed by atoms with Gasteiger partial charge in [-0.3, -0.25) is 4.90 Å². The first-order chi connectivity index (χ1) is 11.9. The monoisotopic (exact) mass is 356 g/mol. The molecule has 4 atom stereocenters. The highest BCUT2D eigenvalue weighted by atomic mass is 32.2. The summed E-state index contributed by atoms with van der Waals surface area (Å²) < 4.78 is 25.5. The summed E-state index contributed by atoms with van der Waals surface area (Å²) in [6.07, 6.45) is 1.86. The van der Waals surface area contributed by atoms with E-state index in [2.05, 4.69) is 12.1 Å². The predicted molar refractivity (Wildman–Crippen MR) is 95.0 cm³/mol. The molecular weight excluding hydrogens is 336 g/mol. The number of amides is 1. The van der Waals surface area contributed by atoms with Crippen LogP contribution in [-0.4, -0.2) is 28.6 Å². The van der Waals surface area contributed by atoms with Crippen molar-refractivity contribution in [3.8, 4) is 0 Å². The minimum absolute atomic E-state index is 0.0151. The Balaban J connectivity index is 1.87. The zero-order valence-corrected chi connectivity index (χ0v) is 15.0. The van der Waals surface area contributed by atoms with E-state index in [0.29, 0.717) is 4.90 Å². The van der Waals surface area contributed by atoms with Crippen molar-refractivity contribution >= 4 is 15.8 Å². The molecule has 5 nitrogen and oxygen atoms in total. The molecule has 1 amide bonds. The van der Waals surface area contributed by atoms with Crippen LogP contribution in [0.1, 0.15) is 41.1 Å². The summed E-state index contributed by atoms with van der Waals surface area (Å²) in [5.74, 6) is 0.0151. The molecule has 1 N–H and O–H groups in total. The number of hydrogen-bond acceptors (Lipinski definition) is 4. The highest BCUT2D eigenvalue weighted by molar-refractivity contribution is 7.91. The molecule has 0 spiro atoms. The lowest BCUT2D eigenvalue weighted by molar-refractivity contribution is 0.109. The van der Waals surface area contributed by atoms with Gasteiger partial charge < -0.3 is 4.74 Å². The smallest absolute Gasteiger partial charge is 0.410 e. The number of carbonyl (C=O) groups excluding carboxylic acids is 1. The van der Waals surface area contributed by atoms with Crippen LogP contribution in [0.15, 0.2) is 53.4 Å². The van der Waals surface area contributed by atoms with E-state index in [-0.39, 0.29) is 24.1 Å². The number of ether oxygens (including phenoxy) is 1. The third-order valence-corrected chi connectivity index (χ3v) is 6.50. The third kappa shape index (κ3) is 2.35. The van der Waals surface area contributed by atoms with Gasteiger partial charge in [-0.25, -0.2) is 13.8 Å². The summed E-state index contributed by atoms with van der Waals surface area (Å²) in [7, 11) is -1.44. The Morgan fingerprint density at radius 1 is 1.12 bits per heavy atom. The molecule has 4 rings (SSSR count). The summed E-state index contributed by atoms with van der Waals surface area (Å²) in [4.78, 5) is 14.8. The quantitative estimate of drug-likeness (QED) is 0.881. The number of nitrogens with one attached hydrogen (secondary N) is 1. The summed E-state index contributed by atoms with van der Waals surface area (Å²) in [6.45, 7) is 0. The van der Waals surface area contributed by atoms with E-state index in [0.717, 1.165) is 23.1 Å². The molecule has 0 saturated carbocycles. The Hall–Kier alpha value is -2.34. The van der Waals surface area contributed by atoms with Crippen molar-refractivity contribution in [3.63, 3.8) is 0 Å². The normalized spacial score (nSPS) is 26.2. The number of rotatable bonds is 2. The lowest BCUT2D eigenvalue weighted by atomic mass is 9.80. The first kappa shape index (κ1) is 16.1. The van der Waals surface area contributed by atoms with Crippen molar-refractivity contribution in [3.05, 3.63) is 65.2 Å². The molecule has 25 heavy (non-hydrogen) atoms. The van der Waals surface area contributed by atoms with Crippen LogP contribution in [0.3, 0.4) is 0 Å². The van der Waals surface area contributed by atoms with E-state index in [1.54, 1.807) is 11.0 Å². The Morgan fingerprint density at radius 3 is 2.36 bits per heavy atom. The van der Waals surface area contributed by atoms with Crippen LogP contribution in [0.25, 0.3) is 0 Å². The fourth-order valence-electron chi connectivity index (χ4n) is 4.38. The molecule has 1 saturated heterocycles. The topological polar surface area (TPSA) is 70.5 Å². The Labute approximate surface area is 147 Å². The Morgan fingerprint density at radius 2 is 1.72 bits per heavy atom. The molecule has 2 aromatic carbocycles. The zero-order valence-electron chi connectivity index (χ0n) is 14.1. The van der Waals surface area contributed by atoms with Crippen molar-refractivity contribution in [1.29, 1.82) is 4.78 Å². The standard InChI is InChI=1S/C19H20N2O3S/c1-24-19(22)21-16-11-15(18(21)14-9-4-3-7-12(14)16)13-8-5-6-10-17(13)25(2,20)23/h3-10,15-16,18,20H,11H2,1-2H3/t15-,16-,18-,25?/m0/s1. The van der Waals surface area contributed by atoms with Gasteiger partial charge in [0.05, 0.1) is 33.8 Å². The molecule has 1 fully saturated rings. The van der Waals surface area contributed by atoms with Crippen LogP contribution in [0, 0.1) is 4.78 Å². The number of nitrogens with zero attached hydrogens (tertiary/aromatic N) is 1. The van der Waals surface area contributed by atoms with E-state index in [9.17, 15) is 9.00 Å². The number of methoxy groups -OCH3 is 1. The van der Waals surface area contributed by atoms with E-state index >= 15 is 0 Å². The van der Waals surface area contributed by atoms with Crippen molar-refractivity contribution in [2.45, 2.75) is 29.3 Å². The second kappa shape index (κ2) is 5.59. The maximum atomic E-state index is 12.5. The molecule has 2 heterocycles. The Kier molecular flexibility index (Phi) is 3.61. The van der Waals surface area contributed by atoms with Crippen LogP contribution >= 0.6 is 0 Å². The molecular formula is C19H20N2O3S. The van der Waals surface area contributed by atoms with Crippen LogP contribution in [-0.2, 0) is 14.5 Å². The largest absolute Gasteiger partial charge is 0.453 e. The first-order valence-electron chi connectivity index (χ1n) is 8.21. The van der Waals surface area contributed by atoms with Crippen LogP contribution in [0.2, 0.25) is 0 Å². The minimum atomic E-state index is -2.84. The third-order valence-electron chi connectivity index (χ3n) is 5.29. The van der Waals surface area contributed by atoms with E-state index in [1.165, 1.54) is 13.4 Å². The maximum absolute atomic E-state index is 12.5. The molecule has 0 radical (unpaired) electrons. The van der Waals surface area contributed by atoms with Gasteiger partial charge in [-0.2, -0.15) is 0 Å². The van der Waals surface area contributed by atoms with Crippen molar-refractivity contribution in [2.24, 2.45) is 0 Å². The zero-order chi connectivity index (χ0) is 17.8. The van der Waals surface area contributed by atoms with Crippen molar-refractivity contribution < 1.29 is 13.7 Å². The Bertz CT molecular complexity index is 955.